The zero-order chi connectivity index (χ0) is 15.0. The third kappa shape index (κ3) is 5.53. The molecule has 1 aromatic rings. The van der Waals surface area contributed by atoms with Crippen LogP contribution in [0, 0.1) is 5.82 Å². The standard InChI is InChI=1S/C15H26FN3O/c1-4-17-15(14-6-5-13(16)11-18-14)7-8-19(9-10-20)12(2)3/h5-6,11-12,15,17,20H,4,7-10H2,1-3H3. The molecule has 0 fully saturated rings. The predicted molar refractivity (Wildman–Crippen MR) is 79.0 cm³/mol. The topological polar surface area (TPSA) is 48.4 Å². The van der Waals surface area contributed by atoms with Crippen molar-refractivity contribution in [3.63, 3.8) is 0 Å². The van der Waals surface area contributed by atoms with Gasteiger partial charge in [0.15, 0.2) is 0 Å². The molecule has 0 aliphatic heterocycles. The van der Waals surface area contributed by atoms with Crippen LogP contribution in [-0.2, 0) is 0 Å². The number of hydrogen-bond acceptors (Lipinski definition) is 4. The maximum Gasteiger partial charge on any atom is 0.141 e. The molecular formula is C15H26FN3O. The summed E-state index contributed by atoms with van der Waals surface area (Å²) in [6, 6.07) is 3.68. The van der Waals surface area contributed by atoms with Crippen LogP contribution >= 0.6 is 0 Å². The summed E-state index contributed by atoms with van der Waals surface area (Å²) in [7, 11) is 0. The maximum atomic E-state index is 12.9. The summed E-state index contributed by atoms with van der Waals surface area (Å²) in [6.07, 6.45) is 2.14. The summed E-state index contributed by atoms with van der Waals surface area (Å²) in [5.41, 5.74) is 0.862. The summed E-state index contributed by atoms with van der Waals surface area (Å²) in [4.78, 5) is 6.39. The molecule has 114 valence electrons. The lowest BCUT2D eigenvalue weighted by molar-refractivity contribution is 0.159. The molecule has 1 unspecified atom stereocenters. The van der Waals surface area contributed by atoms with Gasteiger partial charge >= 0.3 is 0 Å². The molecule has 0 bridgehead atoms. The van der Waals surface area contributed by atoms with E-state index in [2.05, 4.69) is 29.0 Å². The summed E-state index contributed by atoms with van der Waals surface area (Å²) < 4.78 is 12.9. The Morgan fingerprint density at radius 3 is 2.60 bits per heavy atom. The van der Waals surface area contributed by atoms with Gasteiger partial charge in [-0.1, -0.05) is 6.92 Å². The van der Waals surface area contributed by atoms with Crippen molar-refractivity contribution in [3.05, 3.63) is 29.8 Å². The Kier molecular flexibility index (Phi) is 7.65. The summed E-state index contributed by atoms with van der Waals surface area (Å²) in [5, 5.41) is 12.5. The van der Waals surface area contributed by atoms with Gasteiger partial charge in [0.05, 0.1) is 24.5 Å². The van der Waals surface area contributed by atoms with Crippen LogP contribution in [-0.4, -0.2) is 47.3 Å². The van der Waals surface area contributed by atoms with Crippen LogP contribution in [0.2, 0.25) is 0 Å². The molecule has 2 N–H and O–H groups in total. The van der Waals surface area contributed by atoms with E-state index in [4.69, 9.17) is 5.11 Å². The molecule has 0 aromatic carbocycles. The first-order valence-corrected chi connectivity index (χ1v) is 7.28. The average molecular weight is 283 g/mol. The van der Waals surface area contributed by atoms with Crippen LogP contribution in [0.5, 0.6) is 0 Å². The average Bonchev–Trinajstić information content (AvgIpc) is 2.42. The smallest absolute Gasteiger partial charge is 0.141 e. The van der Waals surface area contributed by atoms with Crippen molar-refractivity contribution >= 4 is 0 Å². The summed E-state index contributed by atoms with van der Waals surface area (Å²) in [6.45, 7) is 8.83. The van der Waals surface area contributed by atoms with E-state index in [0.29, 0.717) is 12.6 Å². The van der Waals surface area contributed by atoms with E-state index in [1.165, 1.54) is 12.3 Å². The summed E-state index contributed by atoms with van der Waals surface area (Å²) in [5.74, 6) is -0.312. The Hall–Kier alpha value is -1.04. The van der Waals surface area contributed by atoms with Crippen LogP contribution in [0.4, 0.5) is 4.39 Å². The minimum atomic E-state index is -0.312. The highest BCUT2D eigenvalue weighted by molar-refractivity contribution is 5.10. The summed E-state index contributed by atoms with van der Waals surface area (Å²) >= 11 is 0. The fourth-order valence-corrected chi connectivity index (χ4v) is 2.25. The molecule has 1 atom stereocenters. The van der Waals surface area contributed by atoms with Gasteiger partial charge < -0.3 is 10.4 Å². The Morgan fingerprint density at radius 1 is 1.35 bits per heavy atom. The molecule has 5 heteroatoms. The zero-order valence-corrected chi connectivity index (χ0v) is 12.6. The van der Waals surface area contributed by atoms with Gasteiger partial charge in [0.2, 0.25) is 0 Å². The number of halogens is 1. The van der Waals surface area contributed by atoms with Gasteiger partial charge in [-0.25, -0.2) is 4.39 Å². The largest absolute Gasteiger partial charge is 0.395 e. The number of hydrogen-bond donors (Lipinski definition) is 2. The fourth-order valence-electron chi connectivity index (χ4n) is 2.25. The van der Waals surface area contributed by atoms with Crippen molar-refractivity contribution in [1.82, 2.24) is 15.2 Å². The third-order valence-corrected chi connectivity index (χ3v) is 3.38. The van der Waals surface area contributed by atoms with Crippen LogP contribution in [0.1, 0.15) is 38.9 Å². The molecule has 0 radical (unpaired) electrons. The monoisotopic (exact) mass is 283 g/mol. The lowest BCUT2D eigenvalue weighted by Crippen LogP contribution is -2.36. The first-order chi connectivity index (χ1) is 9.58. The van der Waals surface area contributed by atoms with Crippen molar-refractivity contribution < 1.29 is 9.50 Å². The van der Waals surface area contributed by atoms with Crippen molar-refractivity contribution in [2.45, 2.75) is 39.3 Å². The molecule has 0 aliphatic carbocycles. The van der Waals surface area contributed by atoms with Crippen LogP contribution in [0.3, 0.4) is 0 Å². The van der Waals surface area contributed by atoms with Gasteiger partial charge in [-0.15, -0.1) is 0 Å². The Balaban J connectivity index is 2.64. The zero-order valence-electron chi connectivity index (χ0n) is 12.6. The number of nitrogens with zero attached hydrogens (tertiary/aromatic N) is 2. The van der Waals surface area contributed by atoms with Crippen molar-refractivity contribution in [2.75, 3.05) is 26.2 Å². The first-order valence-electron chi connectivity index (χ1n) is 7.28. The van der Waals surface area contributed by atoms with Crippen LogP contribution in [0.25, 0.3) is 0 Å². The minimum absolute atomic E-state index is 0.112. The lowest BCUT2D eigenvalue weighted by Gasteiger charge is -2.28. The Morgan fingerprint density at radius 2 is 2.10 bits per heavy atom. The first kappa shape index (κ1) is 17.0. The molecular weight excluding hydrogens is 257 g/mol. The SMILES string of the molecule is CCNC(CCN(CCO)C(C)C)c1ccc(F)cn1. The number of aliphatic hydroxyl groups excluding tert-OH is 1. The highest BCUT2D eigenvalue weighted by atomic mass is 19.1. The third-order valence-electron chi connectivity index (χ3n) is 3.38. The van der Waals surface area contributed by atoms with Gasteiger partial charge in [-0.2, -0.15) is 0 Å². The highest BCUT2D eigenvalue weighted by Gasteiger charge is 2.15. The molecule has 0 saturated heterocycles. The number of pyridine rings is 1. The molecule has 1 aromatic heterocycles. The molecule has 0 aliphatic rings. The van der Waals surface area contributed by atoms with E-state index in [1.807, 2.05) is 6.92 Å². The maximum absolute atomic E-state index is 12.9. The van der Waals surface area contributed by atoms with Gasteiger partial charge in [-0.3, -0.25) is 9.88 Å². The molecule has 1 heterocycles. The number of nitrogens with one attached hydrogen (secondary N) is 1. The second-order valence-corrected chi connectivity index (χ2v) is 5.15. The number of rotatable bonds is 9. The molecule has 0 saturated carbocycles. The number of aromatic nitrogens is 1. The molecule has 20 heavy (non-hydrogen) atoms. The number of aliphatic hydroxyl groups is 1. The fraction of sp³-hybridized carbons (Fsp3) is 0.667. The van der Waals surface area contributed by atoms with Crippen molar-refractivity contribution in [2.24, 2.45) is 0 Å². The van der Waals surface area contributed by atoms with E-state index < -0.39 is 0 Å². The minimum Gasteiger partial charge on any atom is -0.395 e. The van der Waals surface area contributed by atoms with Gasteiger partial charge in [0, 0.05) is 19.1 Å². The van der Waals surface area contributed by atoms with Gasteiger partial charge in [-0.05, 0) is 38.9 Å². The van der Waals surface area contributed by atoms with Crippen molar-refractivity contribution in [3.8, 4) is 0 Å². The van der Waals surface area contributed by atoms with Crippen LogP contribution in [0.15, 0.2) is 18.3 Å². The Labute approximate surface area is 121 Å². The second-order valence-electron chi connectivity index (χ2n) is 5.15. The quantitative estimate of drug-likeness (QED) is 0.727. The van der Waals surface area contributed by atoms with Crippen LogP contribution < -0.4 is 5.32 Å². The van der Waals surface area contributed by atoms with Crippen molar-refractivity contribution in [1.29, 1.82) is 0 Å². The predicted octanol–water partition coefficient (Wildman–Crippen LogP) is 1.96. The van der Waals surface area contributed by atoms with E-state index in [9.17, 15) is 4.39 Å². The van der Waals surface area contributed by atoms with E-state index in [-0.39, 0.29) is 18.5 Å². The molecule has 4 nitrogen and oxygen atoms in total. The van der Waals surface area contributed by atoms with Gasteiger partial charge in [0.25, 0.3) is 0 Å². The van der Waals surface area contributed by atoms with Gasteiger partial charge in [0.1, 0.15) is 5.82 Å². The highest BCUT2D eigenvalue weighted by Crippen LogP contribution is 2.16. The Bertz CT molecular complexity index is 370. The molecule has 0 spiro atoms. The second kappa shape index (κ2) is 9.00. The van der Waals surface area contributed by atoms with E-state index in [1.54, 1.807) is 6.07 Å². The van der Waals surface area contributed by atoms with E-state index >= 15 is 0 Å². The molecule has 0 amide bonds. The normalized spacial score (nSPS) is 13.2. The molecule has 1 rings (SSSR count). The van der Waals surface area contributed by atoms with E-state index in [0.717, 1.165) is 25.2 Å². The lowest BCUT2D eigenvalue weighted by atomic mass is 10.1.